The van der Waals surface area contributed by atoms with Crippen molar-refractivity contribution >= 4 is 17.4 Å². The Morgan fingerprint density at radius 2 is 2.53 bits per heavy atom. The average Bonchev–Trinajstić information content (AvgIpc) is 2.74. The Morgan fingerprint density at radius 1 is 1.60 bits per heavy atom. The van der Waals surface area contributed by atoms with Crippen LogP contribution in [0.4, 0.5) is 5.82 Å². The minimum atomic E-state index is 0.580. The molecule has 1 fully saturated rings. The Bertz CT molecular complexity index is 312. The molecular weight excluding hydrogens is 212 g/mol. The van der Waals surface area contributed by atoms with Crippen LogP contribution in [0.15, 0.2) is 12.5 Å². The molecule has 1 aromatic heterocycles. The van der Waals surface area contributed by atoms with Crippen LogP contribution in [-0.4, -0.2) is 29.1 Å². The van der Waals surface area contributed by atoms with Crippen LogP contribution in [0, 0.1) is 0 Å². The lowest BCUT2D eigenvalue weighted by molar-refractivity contribution is 0.574. The fourth-order valence-corrected chi connectivity index (χ4v) is 1.98. The SMILES string of the molecule is Clc1cncnc1NCCC1CCCN1. The summed E-state index contributed by atoms with van der Waals surface area (Å²) in [5.41, 5.74) is 0. The van der Waals surface area contributed by atoms with Gasteiger partial charge in [-0.3, -0.25) is 0 Å². The zero-order valence-corrected chi connectivity index (χ0v) is 9.30. The first-order chi connectivity index (χ1) is 7.36. The van der Waals surface area contributed by atoms with Crippen molar-refractivity contribution in [3.8, 4) is 0 Å². The molecule has 2 heterocycles. The third kappa shape index (κ3) is 3.04. The number of halogens is 1. The molecule has 0 bridgehead atoms. The van der Waals surface area contributed by atoms with Crippen LogP contribution >= 0.6 is 11.6 Å². The van der Waals surface area contributed by atoms with Crippen molar-refractivity contribution in [3.63, 3.8) is 0 Å². The lowest BCUT2D eigenvalue weighted by Gasteiger charge is -2.11. The predicted octanol–water partition coefficient (Wildman–Crippen LogP) is 1.68. The van der Waals surface area contributed by atoms with E-state index >= 15 is 0 Å². The molecule has 5 heteroatoms. The molecule has 2 rings (SSSR count). The Hall–Kier alpha value is -0.870. The Morgan fingerprint density at radius 3 is 3.27 bits per heavy atom. The number of nitrogens with one attached hydrogen (secondary N) is 2. The van der Waals surface area contributed by atoms with Gasteiger partial charge >= 0.3 is 0 Å². The van der Waals surface area contributed by atoms with Gasteiger partial charge in [-0.2, -0.15) is 0 Å². The number of rotatable bonds is 4. The zero-order chi connectivity index (χ0) is 10.5. The van der Waals surface area contributed by atoms with Crippen LogP contribution in [0.5, 0.6) is 0 Å². The standard InChI is InChI=1S/C10H15ClN4/c11-9-6-12-7-15-10(9)14-5-3-8-2-1-4-13-8/h6-8,13H,1-5H2,(H,12,14,15). The summed E-state index contributed by atoms with van der Waals surface area (Å²) >= 11 is 5.92. The Balaban J connectivity index is 1.75. The third-order valence-corrected chi connectivity index (χ3v) is 2.89. The lowest BCUT2D eigenvalue weighted by Crippen LogP contribution is -2.24. The van der Waals surface area contributed by atoms with Gasteiger partial charge < -0.3 is 10.6 Å². The second-order valence-electron chi connectivity index (χ2n) is 3.73. The van der Waals surface area contributed by atoms with Gasteiger partial charge in [-0.1, -0.05) is 11.6 Å². The maximum absolute atomic E-state index is 5.92. The summed E-state index contributed by atoms with van der Waals surface area (Å²) < 4.78 is 0. The van der Waals surface area contributed by atoms with Gasteiger partial charge in [0.05, 0.1) is 6.20 Å². The molecule has 1 aliphatic rings. The van der Waals surface area contributed by atoms with Gasteiger partial charge in [-0.05, 0) is 25.8 Å². The second kappa shape index (κ2) is 5.28. The van der Waals surface area contributed by atoms with Gasteiger partial charge in [0.1, 0.15) is 17.2 Å². The maximum Gasteiger partial charge on any atom is 0.148 e. The number of nitrogens with zero attached hydrogens (tertiary/aromatic N) is 2. The van der Waals surface area contributed by atoms with Crippen molar-refractivity contribution in [3.05, 3.63) is 17.5 Å². The summed E-state index contributed by atoms with van der Waals surface area (Å²) in [5, 5.41) is 7.25. The molecule has 0 aromatic carbocycles. The van der Waals surface area contributed by atoms with Crippen LogP contribution in [-0.2, 0) is 0 Å². The van der Waals surface area contributed by atoms with Gasteiger partial charge in [0.2, 0.25) is 0 Å². The smallest absolute Gasteiger partial charge is 0.148 e. The first kappa shape index (κ1) is 10.6. The molecule has 0 spiro atoms. The van der Waals surface area contributed by atoms with Crippen LogP contribution in [0.25, 0.3) is 0 Å². The molecule has 1 atom stereocenters. The highest BCUT2D eigenvalue weighted by Crippen LogP contribution is 2.16. The molecule has 4 nitrogen and oxygen atoms in total. The molecule has 1 aromatic rings. The van der Waals surface area contributed by atoms with E-state index in [4.69, 9.17) is 11.6 Å². The molecule has 0 aliphatic carbocycles. The second-order valence-corrected chi connectivity index (χ2v) is 4.14. The van der Waals surface area contributed by atoms with E-state index in [1.807, 2.05) is 0 Å². The summed E-state index contributed by atoms with van der Waals surface area (Å²) in [6.45, 7) is 2.05. The minimum absolute atomic E-state index is 0.580. The van der Waals surface area contributed by atoms with Crippen LogP contribution in [0.2, 0.25) is 5.02 Å². The fourth-order valence-electron chi connectivity index (χ4n) is 1.81. The Labute approximate surface area is 94.5 Å². The molecule has 1 saturated heterocycles. The molecule has 82 valence electrons. The van der Waals surface area contributed by atoms with Crippen molar-refractivity contribution in [2.45, 2.75) is 25.3 Å². The van der Waals surface area contributed by atoms with Crippen LogP contribution in [0.1, 0.15) is 19.3 Å². The first-order valence-electron chi connectivity index (χ1n) is 5.29. The summed E-state index contributed by atoms with van der Waals surface area (Å²) in [7, 11) is 0. The topological polar surface area (TPSA) is 49.8 Å². The van der Waals surface area contributed by atoms with Crippen LogP contribution < -0.4 is 10.6 Å². The molecule has 0 saturated carbocycles. The third-order valence-electron chi connectivity index (χ3n) is 2.62. The van der Waals surface area contributed by atoms with E-state index in [0.29, 0.717) is 11.1 Å². The number of hydrogen-bond donors (Lipinski definition) is 2. The zero-order valence-electron chi connectivity index (χ0n) is 8.54. The number of aromatic nitrogens is 2. The monoisotopic (exact) mass is 226 g/mol. The van der Waals surface area contributed by atoms with Gasteiger partial charge in [0.25, 0.3) is 0 Å². The summed E-state index contributed by atoms with van der Waals surface area (Å²) in [6, 6.07) is 0.651. The normalized spacial score (nSPS) is 20.5. The highest BCUT2D eigenvalue weighted by Gasteiger charge is 2.13. The number of hydrogen-bond acceptors (Lipinski definition) is 4. The quantitative estimate of drug-likeness (QED) is 0.821. The lowest BCUT2D eigenvalue weighted by atomic mass is 10.1. The summed E-state index contributed by atoms with van der Waals surface area (Å²) in [6.07, 6.45) is 6.78. The van der Waals surface area contributed by atoms with E-state index in [2.05, 4.69) is 20.6 Å². The van der Waals surface area contributed by atoms with E-state index in [1.54, 1.807) is 6.20 Å². The van der Waals surface area contributed by atoms with Crippen molar-refractivity contribution < 1.29 is 0 Å². The Kier molecular flexibility index (Phi) is 3.75. The molecule has 0 amide bonds. The largest absolute Gasteiger partial charge is 0.369 e. The van der Waals surface area contributed by atoms with Gasteiger partial charge in [0, 0.05) is 12.6 Å². The predicted molar refractivity (Wildman–Crippen MR) is 61.2 cm³/mol. The fraction of sp³-hybridized carbons (Fsp3) is 0.600. The highest BCUT2D eigenvalue weighted by atomic mass is 35.5. The van der Waals surface area contributed by atoms with Crippen molar-refractivity contribution in [1.29, 1.82) is 0 Å². The van der Waals surface area contributed by atoms with Crippen LogP contribution in [0.3, 0.4) is 0 Å². The average molecular weight is 227 g/mol. The molecule has 15 heavy (non-hydrogen) atoms. The first-order valence-corrected chi connectivity index (χ1v) is 5.67. The maximum atomic E-state index is 5.92. The minimum Gasteiger partial charge on any atom is -0.369 e. The van der Waals surface area contributed by atoms with Gasteiger partial charge in [0.15, 0.2) is 0 Å². The van der Waals surface area contributed by atoms with E-state index < -0.39 is 0 Å². The highest BCUT2D eigenvalue weighted by molar-refractivity contribution is 6.32. The van der Waals surface area contributed by atoms with E-state index in [1.165, 1.54) is 19.2 Å². The van der Waals surface area contributed by atoms with Gasteiger partial charge in [-0.15, -0.1) is 0 Å². The van der Waals surface area contributed by atoms with E-state index in [0.717, 1.165) is 25.3 Å². The van der Waals surface area contributed by atoms with Gasteiger partial charge in [-0.25, -0.2) is 9.97 Å². The van der Waals surface area contributed by atoms with Crippen molar-refractivity contribution in [2.24, 2.45) is 0 Å². The van der Waals surface area contributed by atoms with Crippen molar-refractivity contribution in [1.82, 2.24) is 15.3 Å². The molecule has 0 radical (unpaired) electrons. The van der Waals surface area contributed by atoms with E-state index in [-0.39, 0.29) is 0 Å². The molecular formula is C10H15ClN4. The summed E-state index contributed by atoms with van der Waals surface area (Å²) in [4.78, 5) is 7.90. The molecule has 1 aliphatic heterocycles. The summed E-state index contributed by atoms with van der Waals surface area (Å²) in [5.74, 6) is 0.727. The molecule has 1 unspecified atom stereocenters. The van der Waals surface area contributed by atoms with Crippen molar-refractivity contribution in [2.75, 3.05) is 18.4 Å². The van der Waals surface area contributed by atoms with E-state index in [9.17, 15) is 0 Å². The molecule has 2 N–H and O–H groups in total. The number of anilines is 1.